The largest absolute Gasteiger partial charge is 0.330 e. The minimum atomic E-state index is 0.319. The van der Waals surface area contributed by atoms with Crippen molar-refractivity contribution in [3.63, 3.8) is 0 Å². The molecule has 0 fully saturated rings. The zero-order valence-corrected chi connectivity index (χ0v) is 12.7. The van der Waals surface area contributed by atoms with Gasteiger partial charge in [0.25, 0.3) is 0 Å². The van der Waals surface area contributed by atoms with Gasteiger partial charge in [-0.15, -0.1) is 0 Å². The summed E-state index contributed by atoms with van der Waals surface area (Å²) in [5.41, 5.74) is 10.5. The second-order valence-corrected chi connectivity index (χ2v) is 5.77. The molecule has 0 aliphatic rings. The van der Waals surface area contributed by atoms with Crippen LogP contribution in [0.2, 0.25) is 0 Å². The number of benzene rings is 2. The van der Waals surface area contributed by atoms with Gasteiger partial charge in [-0.1, -0.05) is 50.2 Å². The minimum Gasteiger partial charge on any atom is -0.330 e. The number of rotatable bonds is 5. The monoisotopic (exact) mass is 278 g/mol. The standard InChI is InChI=1S/C19H22N2/c1-14(2)17-7-9-18(10-8-17)19(13-21)11-15-3-5-16(12-20)6-4-15/h3-10,14,19H,11,13,21H2,1-2H3. The zero-order valence-electron chi connectivity index (χ0n) is 12.7. The van der Waals surface area contributed by atoms with Crippen LogP contribution in [0.15, 0.2) is 48.5 Å². The van der Waals surface area contributed by atoms with E-state index in [-0.39, 0.29) is 0 Å². The van der Waals surface area contributed by atoms with Crippen LogP contribution in [-0.2, 0) is 6.42 Å². The molecule has 0 aliphatic carbocycles. The van der Waals surface area contributed by atoms with Crippen molar-refractivity contribution < 1.29 is 0 Å². The number of hydrogen-bond donors (Lipinski definition) is 1. The Morgan fingerprint density at radius 1 is 0.952 bits per heavy atom. The Bertz CT molecular complexity index is 604. The summed E-state index contributed by atoms with van der Waals surface area (Å²) in [6, 6.07) is 18.7. The maximum atomic E-state index is 8.84. The van der Waals surface area contributed by atoms with Crippen LogP contribution in [0.3, 0.4) is 0 Å². The first-order valence-electron chi connectivity index (χ1n) is 7.43. The maximum Gasteiger partial charge on any atom is 0.0991 e. The van der Waals surface area contributed by atoms with E-state index in [9.17, 15) is 0 Å². The normalized spacial score (nSPS) is 12.1. The van der Waals surface area contributed by atoms with Gasteiger partial charge in [-0.05, 0) is 47.7 Å². The molecule has 0 spiro atoms. The molecule has 0 saturated carbocycles. The molecule has 2 heteroatoms. The Hall–Kier alpha value is -2.11. The molecule has 2 aromatic carbocycles. The molecule has 108 valence electrons. The van der Waals surface area contributed by atoms with E-state index >= 15 is 0 Å². The average molecular weight is 278 g/mol. The fourth-order valence-corrected chi connectivity index (χ4v) is 2.49. The molecule has 1 atom stereocenters. The molecule has 21 heavy (non-hydrogen) atoms. The Kier molecular flexibility index (Phi) is 5.14. The average Bonchev–Trinajstić information content (AvgIpc) is 2.53. The van der Waals surface area contributed by atoms with E-state index in [4.69, 9.17) is 11.0 Å². The molecule has 0 aliphatic heterocycles. The van der Waals surface area contributed by atoms with E-state index in [0.29, 0.717) is 23.9 Å². The van der Waals surface area contributed by atoms with Crippen molar-refractivity contribution in [3.05, 3.63) is 70.8 Å². The maximum absolute atomic E-state index is 8.84. The third-order valence-electron chi connectivity index (χ3n) is 3.92. The highest BCUT2D eigenvalue weighted by Gasteiger charge is 2.11. The lowest BCUT2D eigenvalue weighted by molar-refractivity contribution is 0.693. The second kappa shape index (κ2) is 7.06. The SMILES string of the molecule is CC(C)c1ccc(C(CN)Cc2ccc(C#N)cc2)cc1. The van der Waals surface area contributed by atoms with Crippen molar-refractivity contribution >= 4 is 0 Å². The van der Waals surface area contributed by atoms with Crippen LogP contribution >= 0.6 is 0 Å². The molecule has 0 heterocycles. The lowest BCUT2D eigenvalue weighted by Gasteiger charge is -2.16. The number of nitrogens with zero attached hydrogens (tertiary/aromatic N) is 1. The molecule has 0 saturated heterocycles. The van der Waals surface area contributed by atoms with Gasteiger partial charge in [-0.25, -0.2) is 0 Å². The molecule has 2 aromatic rings. The molecule has 2 nitrogen and oxygen atoms in total. The van der Waals surface area contributed by atoms with Crippen molar-refractivity contribution in [2.24, 2.45) is 5.73 Å². The van der Waals surface area contributed by atoms with Gasteiger partial charge < -0.3 is 5.73 Å². The minimum absolute atomic E-state index is 0.319. The second-order valence-electron chi connectivity index (χ2n) is 5.77. The molecule has 0 bridgehead atoms. The van der Waals surface area contributed by atoms with Gasteiger partial charge in [0, 0.05) is 5.92 Å². The van der Waals surface area contributed by atoms with Gasteiger partial charge in [0.2, 0.25) is 0 Å². The molecule has 2 N–H and O–H groups in total. The third-order valence-corrected chi connectivity index (χ3v) is 3.92. The van der Waals surface area contributed by atoms with Gasteiger partial charge >= 0.3 is 0 Å². The lowest BCUT2D eigenvalue weighted by Crippen LogP contribution is -2.15. The zero-order chi connectivity index (χ0) is 15.2. The molecule has 2 rings (SSSR count). The van der Waals surface area contributed by atoms with Crippen molar-refractivity contribution in [2.75, 3.05) is 6.54 Å². The lowest BCUT2D eigenvalue weighted by atomic mass is 9.90. The van der Waals surface area contributed by atoms with Crippen LogP contribution in [0.1, 0.15) is 47.9 Å². The number of nitrogens with two attached hydrogens (primary N) is 1. The summed E-state index contributed by atoms with van der Waals surface area (Å²) >= 11 is 0. The Labute approximate surface area is 127 Å². The molecular formula is C19H22N2. The molecule has 0 radical (unpaired) electrons. The highest BCUT2D eigenvalue weighted by molar-refractivity contribution is 5.33. The van der Waals surface area contributed by atoms with Crippen LogP contribution in [-0.4, -0.2) is 6.54 Å². The first-order chi connectivity index (χ1) is 10.1. The van der Waals surface area contributed by atoms with Crippen molar-refractivity contribution in [1.29, 1.82) is 5.26 Å². The van der Waals surface area contributed by atoms with Crippen LogP contribution in [0.25, 0.3) is 0 Å². The topological polar surface area (TPSA) is 49.8 Å². The highest BCUT2D eigenvalue weighted by atomic mass is 14.5. The first-order valence-corrected chi connectivity index (χ1v) is 7.43. The highest BCUT2D eigenvalue weighted by Crippen LogP contribution is 2.23. The molecule has 1 unspecified atom stereocenters. The van der Waals surface area contributed by atoms with Crippen LogP contribution < -0.4 is 5.73 Å². The smallest absolute Gasteiger partial charge is 0.0991 e. The predicted octanol–water partition coefficient (Wildman–Crippen LogP) is 3.97. The van der Waals surface area contributed by atoms with Gasteiger partial charge in [-0.2, -0.15) is 5.26 Å². The quantitative estimate of drug-likeness (QED) is 0.899. The first kappa shape index (κ1) is 15.3. The molecule has 0 aromatic heterocycles. The Morgan fingerprint density at radius 2 is 1.52 bits per heavy atom. The summed E-state index contributed by atoms with van der Waals surface area (Å²) < 4.78 is 0. The summed E-state index contributed by atoms with van der Waals surface area (Å²) in [6.07, 6.45) is 0.906. The third kappa shape index (κ3) is 3.93. The molecule has 0 amide bonds. The van der Waals surface area contributed by atoms with Crippen LogP contribution in [0.4, 0.5) is 0 Å². The van der Waals surface area contributed by atoms with Crippen molar-refractivity contribution in [1.82, 2.24) is 0 Å². The summed E-state index contributed by atoms with van der Waals surface area (Å²) in [4.78, 5) is 0. The fraction of sp³-hybridized carbons (Fsp3) is 0.316. The van der Waals surface area contributed by atoms with Crippen LogP contribution in [0.5, 0.6) is 0 Å². The number of nitriles is 1. The van der Waals surface area contributed by atoms with E-state index < -0.39 is 0 Å². The van der Waals surface area contributed by atoms with Gasteiger partial charge in [0.15, 0.2) is 0 Å². The van der Waals surface area contributed by atoms with Gasteiger partial charge in [-0.3, -0.25) is 0 Å². The van der Waals surface area contributed by atoms with Crippen molar-refractivity contribution in [2.45, 2.75) is 32.1 Å². The number of hydrogen-bond acceptors (Lipinski definition) is 2. The van der Waals surface area contributed by atoms with Crippen LogP contribution in [0, 0.1) is 11.3 Å². The van der Waals surface area contributed by atoms with Gasteiger partial charge in [0.05, 0.1) is 11.6 Å². The summed E-state index contributed by atoms with van der Waals surface area (Å²) in [7, 11) is 0. The van der Waals surface area contributed by atoms with Gasteiger partial charge in [0.1, 0.15) is 0 Å². The fourth-order valence-electron chi connectivity index (χ4n) is 2.49. The van der Waals surface area contributed by atoms with Crippen molar-refractivity contribution in [3.8, 4) is 6.07 Å². The van der Waals surface area contributed by atoms with E-state index in [1.54, 1.807) is 0 Å². The van der Waals surface area contributed by atoms with E-state index in [0.717, 1.165) is 6.42 Å². The Morgan fingerprint density at radius 3 is 2.00 bits per heavy atom. The van der Waals surface area contributed by atoms with E-state index in [1.807, 2.05) is 24.3 Å². The summed E-state index contributed by atoms with van der Waals surface area (Å²) in [5.74, 6) is 0.869. The molecular weight excluding hydrogens is 256 g/mol. The predicted molar refractivity (Wildman–Crippen MR) is 87.2 cm³/mol. The summed E-state index contributed by atoms with van der Waals surface area (Å²) in [5, 5.41) is 8.84. The Balaban J connectivity index is 2.13. The van der Waals surface area contributed by atoms with E-state index in [2.05, 4.69) is 44.2 Å². The summed E-state index contributed by atoms with van der Waals surface area (Å²) in [6.45, 7) is 5.03. The van der Waals surface area contributed by atoms with E-state index in [1.165, 1.54) is 16.7 Å².